The van der Waals surface area contributed by atoms with Crippen molar-refractivity contribution in [1.29, 1.82) is 0 Å². The molecule has 0 radical (unpaired) electrons. The molecule has 2 rings (SSSR count). The lowest BCUT2D eigenvalue weighted by molar-refractivity contribution is -0.363. The summed E-state index contributed by atoms with van der Waals surface area (Å²) in [5, 5.41) is 73.0. The van der Waals surface area contributed by atoms with Crippen molar-refractivity contribution in [3.05, 3.63) is 0 Å². The normalized spacial score (nSPS) is 27.8. The van der Waals surface area contributed by atoms with Crippen LogP contribution in [-0.2, 0) is 18.9 Å². The minimum absolute atomic E-state index is 0.182. The molecule has 11 nitrogen and oxygen atoms in total. The molecule has 0 aromatic carbocycles. The summed E-state index contributed by atoms with van der Waals surface area (Å²) in [7, 11) is 0. The lowest BCUT2D eigenvalue weighted by atomic mass is 9.96. The van der Waals surface area contributed by atoms with Crippen molar-refractivity contribution in [3.8, 4) is 0 Å². The van der Waals surface area contributed by atoms with Gasteiger partial charge in [0.15, 0.2) is 12.6 Å². The van der Waals surface area contributed by atoms with E-state index in [1.807, 2.05) is 0 Å². The van der Waals surface area contributed by atoms with Gasteiger partial charge in [-0.05, 0) is 12.8 Å². The second-order valence-electron chi connectivity index (χ2n) is 17.7. The van der Waals surface area contributed by atoms with E-state index in [0.29, 0.717) is 0 Å². The number of ether oxygens (including phenoxy) is 4. The Balaban J connectivity index is 1.78. The molecule has 11 heteroatoms. The summed E-state index contributed by atoms with van der Waals surface area (Å²) in [5.41, 5.74) is 0. The van der Waals surface area contributed by atoms with Crippen LogP contribution >= 0.6 is 0 Å². The van der Waals surface area contributed by atoms with Gasteiger partial charge in [-0.15, -0.1) is 0 Å². The van der Waals surface area contributed by atoms with Crippen LogP contribution in [0.4, 0.5) is 0 Å². The zero-order chi connectivity index (χ0) is 42.2. The van der Waals surface area contributed by atoms with Crippen LogP contribution < -0.4 is 0 Å². The van der Waals surface area contributed by atoms with E-state index in [0.717, 1.165) is 38.5 Å². The van der Waals surface area contributed by atoms with Crippen molar-refractivity contribution in [2.45, 2.75) is 287 Å². The molecule has 7 N–H and O–H groups in total. The minimum Gasteiger partial charge on any atom is -0.394 e. The van der Waals surface area contributed by atoms with Crippen molar-refractivity contribution in [3.63, 3.8) is 0 Å². The van der Waals surface area contributed by atoms with Gasteiger partial charge in [-0.1, -0.05) is 206 Å². The predicted octanol–water partition coefficient (Wildman–Crippen LogP) is 8.52. The molecule has 10 atom stereocenters. The summed E-state index contributed by atoms with van der Waals surface area (Å²) in [6.07, 6.45) is 25.8. The molecule has 58 heavy (non-hydrogen) atoms. The van der Waals surface area contributed by atoms with Crippen molar-refractivity contribution < 1.29 is 54.7 Å². The Hall–Kier alpha value is -0.440. The molecule has 2 saturated heterocycles. The van der Waals surface area contributed by atoms with E-state index in [1.165, 1.54) is 167 Å². The summed E-state index contributed by atoms with van der Waals surface area (Å²) in [4.78, 5) is 0. The molecule has 0 aromatic heterocycles. The van der Waals surface area contributed by atoms with Crippen LogP contribution in [0.2, 0.25) is 0 Å². The highest BCUT2D eigenvalue weighted by Crippen LogP contribution is 2.31. The number of hydrogen-bond acceptors (Lipinski definition) is 11. The van der Waals surface area contributed by atoms with Gasteiger partial charge < -0.3 is 54.7 Å². The third-order valence-corrected chi connectivity index (χ3v) is 12.5. The molecular formula is C47H92O11. The molecular weight excluding hydrogens is 741 g/mol. The summed E-state index contributed by atoms with van der Waals surface area (Å²) in [6, 6.07) is 0. The zero-order valence-electron chi connectivity index (χ0n) is 37.2. The Morgan fingerprint density at radius 2 is 0.707 bits per heavy atom. The monoisotopic (exact) mass is 833 g/mol. The minimum atomic E-state index is -1.70. The van der Waals surface area contributed by atoms with Gasteiger partial charge in [0.2, 0.25) is 0 Å². The van der Waals surface area contributed by atoms with Gasteiger partial charge in [-0.2, -0.15) is 0 Å². The van der Waals surface area contributed by atoms with E-state index >= 15 is 0 Å². The Morgan fingerprint density at radius 3 is 1.07 bits per heavy atom. The van der Waals surface area contributed by atoms with E-state index < -0.39 is 74.6 Å². The van der Waals surface area contributed by atoms with Crippen LogP contribution in [0.15, 0.2) is 0 Å². The van der Waals surface area contributed by atoms with Crippen LogP contribution in [0.1, 0.15) is 219 Å². The van der Waals surface area contributed by atoms with Gasteiger partial charge in [0, 0.05) is 0 Å². The molecule has 2 aliphatic rings. The van der Waals surface area contributed by atoms with Crippen LogP contribution in [0.3, 0.4) is 0 Å². The number of hydrogen-bond donors (Lipinski definition) is 7. The fraction of sp³-hybridized carbons (Fsp3) is 1.00. The Labute approximate surface area is 354 Å². The number of rotatable bonds is 38. The maximum absolute atomic E-state index is 11.2. The zero-order valence-corrected chi connectivity index (χ0v) is 37.2. The standard InChI is InChI=1S/C47H92O11/c1-3-5-7-9-11-13-15-17-19-21-23-25-27-29-31-33-37(34-32-30-28-26-24-22-20-18-16-14-12-10-8-6-4-2)55-46-44(54)42(52)45(39(36-49)57-46)58-47-43(53)41(51)40(50)38(35-48)56-47/h37-54H,3-36H2,1-2H3/t38-,39-,40+,41-,42+,43-,44-,45-,46+,47+/m0/s1. The van der Waals surface area contributed by atoms with Gasteiger partial charge >= 0.3 is 0 Å². The number of aliphatic hydroxyl groups excluding tert-OH is 7. The third-order valence-electron chi connectivity index (χ3n) is 12.5. The summed E-state index contributed by atoms with van der Waals surface area (Å²) < 4.78 is 23.6. The maximum Gasteiger partial charge on any atom is 0.187 e. The van der Waals surface area contributed by atoms with E-state index in [1.54, 1.807) is 0 Å². The van der Waals surface area contributed by atoms with Gasteiger partial charge in [-0.25, -0.2) is 0 Å². The van der Waals surface area contributed by atoms with Gasteiger partial charge in [0.25, 0.3) is 0 Å². The Morgan fingerprint density at radius 1 is 0.379 bits per heavy atom. The third kappa shape index (κ3) is 22.6. The topological polar surface area (TPSA) is 179 Å². The number of unbranched alkanes of at least 4 members (excludes halogenated alkanes) is 28. The summed E-state index contributed by atoms with van der Waals surface area (Å²) in [6.45, 7) is 3.32. The van der Waals surface area contributed by atoms with Gasteiger partial charge in [0.05, 0.1) is 19.3 Å². The molecule has 0 amide bonds. The Kier molecular flexibility index (Phi) is 32.5. The van der Waals surface area contributed by atoms with Crippen LogP contribution in [0.25, 0.3) is 0 Å². The van der Waals surface area contributed by atoms with Crippen LogP contribution in [0.5, 0.6) is 0 Å². The quantitative estimate of drug-likeness (QED) is 0.0297. The summed E-state index contributed by atoms with van der Waals surface area (Å²) >= 11 is 0. The summed E-state index contributed by atoms with van der Waals surface area (Å²) in [5.74, 6) is 0. The van der Waals surface area contributed by atoms with Crippen molar-refractivity contribution in [2.75, 3.05) is 13.2 Å². The first-order valence-electron chi connectivity index (χ1n) is 24.5. The largest absolute Gasteiger partial charge is 0.394 e. The number of aliphatic hydroxyl groups is 7. The molecule has 0 unspecified atom stereocenters. The lowest BCUT2D eigenvalue weighted by Crippen LogP contribution is -2.64. The molecule has 0 saturated carbocycles. The molecule has 0 aromatic rings. The second-order valence-corrected chi connectivity index (χ2v) is 17.7. The van der Waals surface area contributed by atoms with E-state index in [4.69, 9.17) is 18.9 Å². The van der Waals surface area contributed by atoms with Crippen molar-refractivity contribution in [2.24, 2.45) is 0 Å². The maximum atomic E-state index is 11.2. The van der Waals surface area contributed by atoms with E-state index in [2.05, 4.69) is 13.8 Å². The highest BCUT2D eigenvalue weighted by atomic mass is 16.7. The molecule has 0 bridgehead atoms. The molecule has 346 valence electrons. The molecule has 2 aliphatic heterocycles. The van der Waals surface area contributed by atoms with Gasteiger partial charge in [0.1, 0.15) is 48.8 Å². The highest BCUT2D eigenvalue weighted by molar-refractivity contribution is 4.94. The predicted molar refractivity (Wildman–Crippen MR) is 230 cm³/mol. The molecule has 0 aliphatic carbocycles. The van der Waals surface area contributed by atoms with Crippen LogP contribution in [0, 0.1) is 0 Å². The van der Waals surface area contributed by atoms with E-state index in [9.17, 15) is 35.7 Å². The van der Waals surface area contributed by atoms with E-state index in [-0.39, 0.29) is 6.10 Å². The Bertz CT molecular complexity index is 876. The van der Waals surface area contributed by atoms with Crippen molar-refractivity contribution >= 4 is 0 Å². The first kappa shape index (κ1) is 53.7. The SMILES string of the molecule is CCCCCCCCCCCCCCCCCC(CCCCCCCCCCCCCCCCC)O[C@@H]1O[C@@H](CO)[C@H](O[C@H]2O[C@@H](CO)[C@@H](O)[C@H](O)[C@@H]2O)[C@H](O)[C@@H]1O. The average Bonchev–Trinajstić information content (AvgIpc) is 3.23. The fourth-order valence-corrected chi connectivity index (χ4v) is 8.62. The first-order valence-corrected chi connectivity index (χ1v) is 24.5. The molecule has 2 fully saturated rings. The smallest absolute Gasteiger partial charge is 0.187 e. The molecule has 0 spiro atoms. The second kappa shape index (κ2) is 35.1. The first-order chi connectivity index (χ1) is 28.3. The average molecular weight is 833 g/mol. The molecule has 2 heterocycles. The van der Waals surface area contributed by atoms with Crippen LogP contribution in [-0.4, -0.2) is 116 Å². The van der Waals surface area contributed by atoms with Gasteiger partial charge in [-0.3, -0.25) is 0 Å². The highest BCUT2D eigenvalue weighted by Gasteiger charge is 2.51. The fourth-order valence-electron chi connectivity index (χ4n) is 8.62. The van der Waals surface area contributed by atoms with Crippen molar-refractivity contribution in [1.82, 2.24) is 0 Å². The lowest BCUT2D eigenvalue weighted by Gasteiger charge is -2.46.